The molecule has 0 radical (unpaired) electrons. The predicted molar refractivity (Wildman–Crippen MR) is 128 cm³/mol. The molecule has 32 heavy (non-hydrogen) atoms. The van der Waals surface area contributed by atoms with E-state index in [1.165, 1.54) is 16.8 Å². The second kappa shape index (κ2) is 9.11. The topological polar surface area (TPSA) is 45.9 Å². The van der Waals surface area contributed by atoms with Crippen LogP contribution in [0.5, 0.6) is 11.7 Å². The van der Waals surface area contributed by atoms with E-state index < -0.39 is 0 Å². The lowest BCUT2D eigenvalue weighted by molar-refractivity contribution is 0.0689. The van der Waals surface area contributed by atoms with Gasteiger partial charge in [-0.05, 0) is 67.6 Å². The highest BCUT2D eigenvalue weighted by atomic mass is 16.6. The Labute approximate surface area is 190 Å². The molecule has 0 spiro atoms. The molecule has 1 fully saturated rings. The number of carbonyl (C=O) groups is 1. The van der Waals surface area contributed by atoms with Crippen molar-refractivity contribution >= 4 is 11.6 Å². The first kappa shape index (κ1) is 22.0. The van der Waals surface area contributed by atoms with Crippen molar-refractivity contribution < 1.29 is 13.9 Å². The SMILES string of the molecule is Cc1cccc(N2CCN(C(=O)c3ccc(Oc4cc(C(C)C)ccc4C)o3)CC2C)c1. The van der Waals surface area contributed by atoms with E-state index >= 15 is 0 Å². The Bertz CT molecular complexity index is 1100. The number of piperazine rings is 1. The van der Waals surface area contributed by atoms with Crippen LogP contribution in [0.1, 0.15) is 53.9 Å². The fraction of sp³-hybridized carbons (Fsp3) is 0.370. The van der Waals surface area contributed by atoms with Crippen LogP contribution in [-0.4, -0.2) is 36.5 Å². The van der Waals surface area contributed by atoms with Gasteiger partial charge >= 0.3 is 0 Å². The van der Waals surface area contributed by atoms with Crippen molar-refractivity contribution in [2.75, 3.05) is 24.5 Å². The molecule has 0 saturated carbocycles. The van der Waals surface area contributed by atoms with Crippen molar-refractivity contribution in [2.24, 2.45) is 0 Å². The summed E-state index contributed by atoms with van der Waals surface area (Å²) in [5, 5.41) is 0. The summed E-state index contributed by atoms with van der Waals surface area (Å²) in [5.74, 6) is 1.72. The Kier molecular flexibility index (Phi) is 6.26. The number of nitrogens with zero attached hydrogens (tertiary/aromatic N) is 2. The molecule has 1 saturated heterocycles. The molecular weight excluding hydrogens is 400 g/mol. The van der Waals surface area contributed by atoms with Gasteiger partial charge in [0.2, 0.25) is 0 Å². The maximum Gasteiger partial charge on any atom is 0.290 e. The van der Waals surface area contributed by atoms with Gasteiger partial charge in [-0.2, -0.15) is 0 Å². The number of rotatable bonds is 5. The lowest BCUT2D eigenvalue weighted by atomic mass is 10.0. The number of aryl methyl sites for hydroxylation is 2. The van der Waals surface area contributed by atoms with E-state index in [2.05, 4.69) is 69.0 Å². The van der Waals surface area contributed by atoms with E-state index in [1.807, 2.05) is 17.9 Å². The van der Waals surface area contributed by atoms with Gasteiger partial charge in [-0.3, -0.25) is 4.79 Å². The first-order valence-corrected chi connectivity index (χ1v) is 11.3. The molecule has 1 aliphatic rings. The predicted octanol–water partition coefficient (Wildman–Crippen LogP) is 6.16. The number of furan rings is 1. The Morgan fingerprint density at radius 1 is 1.06 bits per heavy atom. The number of amides is 1. The van der Waals surface area contributed by atoms with Gasteiger partial charge in [-0.15, -0.1) is 0 Å². The first-order valence-electron chi connectivity index (χ1n) is 11.3. The van der Waals surface area contributed by atoms with Crippen LogP contribution in [-0.2, 0) is 0 Å². The molecule has 5 nitrogen and oxygen atoms in total. The largest absolute Gasteiger partial charge is 0.426 e. The quantitative estimate of drug-likeness (QED) is 0.484. The van der Waals surface area contributed by atoms with E-state index in [9.17, 15) is 4.79 Å². The fourth-order valence-electron chi connectivity index (χ4n) is 4.17. The van der Waals surface area contributed by atoms with E-state index in [4.69, 9.17) is 9.15 Å². The van der Waals surface area contributed by atoms with Crippen molar-refractivity contribution in [3.8, 4) is 11.7 Å². The van der Waals surface area contributed by atoms with Gasteiger partial charge in [0.25, 0.3) is 11.9 Å². The molecule has 1 amide bonds. The third-order valence-corrected chi connectivity index (χ3v) is 6.13. The van der Waals surface area contributed by atoms with E-state index in [0.717, 1.165) is 17.9 Å². The Morgan fingerprint density at radius 3 is 2.59 bits per heavy atom. The summed E-state index contributed by atoms with van der Waals surface area (Å²) in [7, 11) is 0. The van der Waals surface area contributed by atoms with Crippen LogP contribution in [0, 0.1) is 13.8 Å². The first-order chi connectivity index (χ1) is 15.3. The number of benzene rings is 2. The third-order valence-electron chi connectivity index (χ3n) is 6.13. The molecule has 1 atom stereocenters. The normalized spacial score (nSPS) is 16.5. The van der Waals surface area contributed by atoms with Crippen molar-refractivity contribution in [3.63, 3.8) is 0 Å². The zero-order valence-electron chi connectivity index (χ0n) is 19.6. The monoisotopic (exact) mass is 432 g/mol. The third kappa shape index (κ3) is 4.67. The van der Waals surface area contributed by atoms with Crippen LogP contribution in [0.3, 0.4) is 0 Å². The molecule has 0 N–H and O–H groups in total. The van der Waals surface area contributed by atoms with Crippen LogP contribution in [0.4, 0.5) is 5.69 Å². The number of hydrogen-bond donors (Lipinski definition) is 0. The molecule has 5 heteroatoms. The van der Waals surface area contributed by atoms with E-state index in [-0.39, 0.29) is 11.9 Å². The van der Waals surface area contributed by atoms with Crippen LogP contribution in [0.2, 0.25) is 0 Å². The number of hydrogen-bond acceptors (Lipinski definition) is 4. The highest BCUT2D eigenvalue weighted by molar-refractivity contribution is 5.92. The maximum absolute atomic E-state index is 13.1. The molecule has 0 bridgehead atoms. The van der Waals surface area contributed by atoms with Crippen molar-refractivity contribution in [2.45, 2.75) is 46.6 Å². The minimum Gasteiger partial charge on any atom is -0.426 e. The molecule has 2 aromatic carbocycles. The molecule has 0 aliphatic carbocycles. The highest BCUT2D eigenvalue weighted by Crippen LogP contribution is 2.30. The fourth-order valence-corrected chi connectivity index (χ4v) is 4.17. The van der Waals surface area contributed by atoms with Gasteiger partial charge in [0.05, 0.1) is 0 Å². The molecular formula is C27H32N2O3. The Hall–Kier alpha value is -3.21. The Morgan fingerprint density at radius 2 is 1.88 bits per heavy atom. The zero-order chi connectivity index (χ0) is 22.8. The summed E-state index contributed by atoms with van der Waals surface area (Å²) in [6.45, 7) is 12.7. The summed E-state index contributed by atoms with van der Waals surface area (Å²) in [4.78, 5) is 17.3. The van der Waals surface area contributed by atoms with Crippen molar-refractivity contribution in [3.05, 3.63) is 77.0 Å². The number of anilines is 1. The van der Waals surface area contributed by atoms with E-state index in [1.54, 1.807) is 12.1 Å². The lowest BCUT2D eigenvalue weighted by Crippen LogP contribution is -2.53. The average molecular weight is 433 g/mol. The van der Waals surface area contributed by atoms with E-state index in [0.29, 0.717) is 30.7 Å². The lowest BCUT2D eigenvalue weighted by Gasteiger charge is -2.41. The number of carbonyl (C=O) groups excluding carboxylic acids is 1. The molecule has 4 rings (SSSR count). The van der Waals surface area contributed by atoms with Gasteiger partial charge in [0, 0.05) is 37.4 Å². The molecule has 3 aromatic rings. The standard InChI is InChI=1S/C27H32N2O3/c1-18(2)22-10-9-20(4)25(16-22)32-26-12-11-24(31-26)27(30)28-13-14-29(21(5)17-28)23-8-6-7-19(3)15-23/h6-12,15-16,18,21H,13-14,17H2,1-5H3. The van der Waals surface area contributed by atoms with Crippen LogP contribution >= 0.6 is 0 Å². The van der Waals surface area contributed by atoms with Gasteiger partial charge in [-0.1, -0.05) is 38.1 Å². The van der Waals surface area contributed by atoms with Gasteiger partial charge in [0.15, 0.2) is 5.76 Å². The number of ether oxygens (including phenoxy) is 1. The molecule has 2 heterocycles. The van der Waals surface area contributed by atoms with Crippen molar-refractivity contribution in [1.82, 2.24) is 4.90 Å². The second-order valence-electron chi connectivity index (χ2n) is 9.03. The Balaban J connectivity index is 1.43. The molecule has 1 unspecified atom stereocenters. The summed E-state index contributed by atoms with van der Waals surface area (Å²) >= 11 is 0. The van der Waals surface area contributed by atoms with Gasteiger partial charge < -0.3 is 19.0 Å². The van der Waals surface area contributed by atoms with Crippen molar-refractivity contribution in [1.29, 1.82) is 0 Å². The van der Waals surface area contributed by atoms with Crippen LogP contribution < -0.4 is 9.64 Å². The minimum absolute atomic E-state index is 0.0942. The van der Waals surface area contributed by atoms with Crippen LogP contribution in [0.25, 0.3) is 0 Å². The summed E-state index contributed by atoms with van der Waals surface area (Å²) in [5.41, 5.74) is 4.68. The maximum atomic E-state index is 13.1. The van der Waals surface area contributed by atoms with Crippen LogP contribution in [0.15, 0.2) is 59.0 Å². The minimum atomic E-state index is -0.0942. The smallest absolute Gasteiger partial charge is 0.290 e. The molecule has 1 aliphatic heterocycles. The molecule has 1 aromatic heterocycles. The summed E-state index contributed by atoms with van der Waals surface area (Å²) < 4.78 is 11.8. The zero-order valence-corrected chi connectivity index (χ0v) is 19.6. The summed E-state index contributed by atoms with van der Waals surface area (Å²) in [6.07, 6.45) is 0. The average Bonchev–Trinajstić information content (AvgIpc) is 3.23. The summed E-state index contributed by atoms with van der Waals surface area (Å²) in [6, 6.07) is 18.4. The highest BCUT2D eigenvalue weighted by Gasteiger charge is 2.29. The van der Waals surface area contributed by atoms with Gasteiger partial charge in [0.1, 0.15) is 5.75 Å². The molecule has 168 valence electrons. The van der Waals surface area contributed by atoms with Gasteiger partial charge in [-0.25, -0.2) is 0 Å². The second-order valence-corrected chi connectivity index (χ2v) is 9.03.